The third-order valence-corrected chi connectivity index (χ3v) is 3.08. The van der Waals surface area contributed by atoms with E-state index in [2.05, 4.69) is 17.1 Å². The molecule has 1 aliphatic rings. The number of likely N-dealkylation sites (tertiary alicyclic amines) is 1. The molecule has 0 aliphatic carbocycles. The first-order valence-electron chi connectivity index (χ1n) is 5.83. The molecule has 0 saturated carbocycles. The highest BCUT2D eigenvalue weighted by molar-refractivity contribution is 4.97. The maximum absolute atomic E-state index is 5.26. The molecule has 0 amide bonds. The van der Waals surface area contributed by atoms with Crippen molar-refractivity contribution in [3.05, 3.63) is 24.2 Å². The molecule has 1 aromatic rings. The lowest BCUT2D eigenvalue weighted by atomic mass is 10.3. The van der Waals surface area contributed by atoms with Crippen molar-refractivity contribution in [2.45, 2.75) is 32.4 Å². The summed E-state index contributed by atoms with van der Waals surface area (Å²) in [6, 6.07) is 4.58. The molecule has 0 aromatic carbocycles. The molecule has 84 valence electrons. The first kappa shape index (κ1) is 10.7. The Morgan fingerprint density at radius 2 is 2.27 bits per heavy atom. The Bertz CT molecular complexity index is 265. The van der Waals surface area contributed by atoms with E-state index < -0.39 is 0 Å². The Labute approximate surface area is 91.4 Å². The molecule has 2 heterocycles. The second-order valence-electron chi connectivity index (χ2n) is 4.30. The minimum absolute atomic E-state index is 0.641. The maximum Gasteiger partial charge on any atom is 0.117 e. The van der Waals surface area contributed by atoms with E-state index in [-0.39, 0.29) is 0 Å². The van der Waals surface area contributed by atoms with Crippen LogP contribution < -0.4 is 5.32 Å². The number of hydrogen-bond acceptors (Lipinski definition) is 3. The summed E-state index contributed by atoms with van der Waals surface area (Å²) in [5.41, 5.74) is 0. The van der Waals surface area contributed by atoms with Gasteiger partial charge in [0.1, 0.15) is 5.76 Å². The fourth-order valence-electron chi connectivity index (χ4n) is 2.13. The van der Waals surface area contributed by atoms with Crippen molar-refractivity contribution in [1.29, 1.82) is 0 Å². The van der Waals surface area contributed by atoms with Crippen molar-refractivity contribution in [3.8, 4) is 0 Å². The smallest absolute Gasteiger partial charge is 0.117 e. The van der Waals surface area contributed by atoms with Gasteiger partial charge >= 0.3 is 0 Å². The number of rotatable bonds is 5. The van der Waals surface area contributed by atoms with Crippen molar-refractivity contribution < 1.29 is 4.42 Å². The van der Waals surface area contributed by atoms with Gasteiger partial charge in [0.2, 0.25) is 0 Å². The molecule has 1 fully saturated rings. The van der Waals surface area contributed by atoms with Crippen LogP contribution in [0.3, 0.4) is 0 Å². The predicted octanol–water partition coefficient (Wildman–Crippen LogP) is 1.85. The van der Waals surface area contributed by atoms with Crippen LogP contribution in [0.4, 0.5) is 0 Å². The molecule has 1 aromatic heterocycles. The van der Waals surface area contributed by atoms with Crippen LogP contribution in [-0.4, -0.2) is 30.6 Å². The molecular formula is C12H20N2O. The lowest BCUT2D eigenvalue weighted by molar-refractivity contribution is 0.250. The highest BCUT2D eigenvalue weighted by atomic mass is 16.3. The van der Waals surface area contributed by atoms with Crippen LogP contribution in [-0.2, 0) is 6.54 Å². The average Bonchev–Trinajstić information content (AvgIpc) is 2.90. The normalized spacial score (nSPS) is 19.5. The molecule has 0 bridgehead atoms. The van der Waals surface area contributed by atoms with Crippen LogP contribution in [0.25, 0.3) is 0 Å². The zero-order chi connectivity index (χ0) is 10.5. The SMILES string of the molecule is CC(CNCc1ccco1)N1CCCC1. The van der Waals surface area contributed by atoms with Gasteiger partial charge in [0.15, 0.2) is 0 Å². The Kier molecular flexibility index (Phi) is 3.80. The van der Waals surface area contributed by atoms with Crippen LogP contribution in [0.15, 0.2) is 22.8 Å². The Hall–Kier alpha value is -0.800. The van der Waals surface area contributed by atoms with E-state index in [9.17, 15) is 0 Å². The van der Waals surface area contributed by atoms with Crippen molar-refractivity contribution in [1.82, 2.24) is 10.2 Å². The fraction of sp³-hybridized carbons (Fsp3) is 0.667. The van der Waals surface area contributed by atoms with Gasteiger partial charge < -0.3 is 9.73 Å². The Morgan fingerprint density at radius 3 is 2.93 bits per heavy atom. The van der Waals surface area contributed by atoms with Crippen molar-refractivity contribution in [2.75, 3.05) is 19.6 Å². The van der Waals surface area contributed by atoms with Gasteiger partial charge in [0, 0.05) is 12.6 Å². The third-order valence-electron chi connectivity index (χ3n) is 3.08. The van der Waals surface area contributed by atoms with E-state index in [1.165, 1.54) is 25.9 Å². The summed E-state index contributed by atoms with van der Waals surface area (Å²) in [7, 11) is 0. The molecule has 1 atom stereocenters. The fourth-order valence-corrected chi connectivity index (χ4v) is 2.13. The van der Waals surface area contributed by atoms with Crippen LogP contribution in [0.1, 0.15) is 25.5 Å². The molecule has 1 N–H and O–H groups in total. The van der Waals surface area contributed by atoms with Gasteiger partial charge in [-0.2, -0.15) is 0 Å². The second kappa shape index (κ2) is 5.33. The van der Waals surface area contributed by atoms with Crippen molar-refractivity contribution in [3.63, 3.8) is 0 Å². The van der Waals surface area contributed by atoms with E-state index in [0.717, 1.165) is 18.8 Å². The second-order valence-corrected chi connectivity index (χ2v) is 4.30. The predicted molar refractivity (Wildman–Crippen MR) is 60.7 cm³/mol. The van der Waals surface area contributed by atoms with E-state index in [1.54, 1.807) is 6.26 Å². The summed E-state index contributed by atoms with van der Waals surface area (Å²) < 4.78 is 5.26. The molecule has 1 aliphatic heterocycles. The monoisotopic (exact) mass is 208 g/mol. The topological polar surface area (TPSA) is 28.4 Å². The molecular weight excluding hydrogens is 188 g/mol. The van der Waals surface area contributed by atoms with Crippen molar-refractivity contribution in [2.24, 2.45) is 0 Å². The van der Waals surface area contributed by atoms with Gasteiger partial charge in [-0.15, -0.1) is 0 Å². The molecule has 0 spiro atoms. The van der Waals surface area contributed by atoms with Crippen LogP contribution in [0.5, 0.6) is 0 Å². The lowest BCUT2D eigenvalue weighted by Gasteiger charge is -2.23. The summed E-state index contributed by atoms with van der Waals surface area (Å²) in [5.74, 6) is 1.02. The van der Waals surface area contributed by atoms with E-state index in [0.29, 0.717) is 6.04 Å². The molecule has 3 heteroatoms. The molecule has 2 rings (SSSR count). The maximum atomic E-state index is 5.26. The minimum Gasteiger partial charge on any atom is -0.468 e. The summed E-state index contributed by atoms with van der Waals surface area (Å²) in [5, 5.41) is 3.43. The summed E-state index contributed by atoms with van der Waals surface area (Å²) in [4.78, 5) is 2.55. The van der Waals surface area contributed by atoms with Crippen molar-refractivity contribution >= 4 is 0 Å². The Morgan fingerprint density at radius 1 is 1.47 bits per heavy atom. The minimum atomic E-state index is 0.641. The van der Waals surface area contributed by atoms with E-state index >= 15 is 0 Å². The first-order chi connectivity index (χ1) is 7.36. The van der Waals surface area contributed by atoms with Crippen LogP contribution >= 0.6 is 0 Å². The van der Waals surface area contributed by atoms with Gasteiger partial charge in [0.25, 0.3) is 0 Å². The van der Waals surface area contributed by atoms with Crippen LogP contribution in [0, 0.1) is 0 Å². The van der Waals surface area contributed by atoms with Crippen LogP contribution in [0.2, 0.25) is 0 Å². The molecule has 15 heavy (non-hydrogen) atoms. The zero-order valence-electron chi connectivity index (χ0n) is 9.41. The third kappa shape index (κ3) is 3.08. The number of hydrogen-bond donors (Lipinski definition) is 1. The highest BCUT2D eigenvalue weighted by Gasteiger charge is 2.17. The van der Waals surface area contributed by atoms with Gasteiger partial charge in [0.05, 0.1) is 12.8 Å². The average molecular weight is 208 g/mol. The van der Waals surface area contributed by atoms with Gasteiger partial charge in [-0.1, -0.05) is 0 Å². The number of nitrogens with zero attached hydrogens (tertiary/aromatic N) is 1. The molecule has 3 nitrogen and oxygen atoms in total. The highest BCUT2D eigenvalue weighted by Crippen LogP contribution is 2.10. The van der Waals surface area contributed by atoms with E-state index in [4.69, 9.17) is 4.42 Å². The van der Waals surface area contributed by atoms with Gasteiger partial charge in [-0.05, 0) is 45.0 Å². The molecule has 1 unspecified atom stereocenters. The lowest BCUT2D eigenvalue weighted by Crippen LogP contribution is -2.38. The van der Waals surface area contributed by atoms with E-state index in [1.807, 2.05) is 12.1 Å². The summed E-state index contributed by atoms with van der Waals surface area (Å²) >= 11 is 0. The molecule has 1 saturated heterocycles. The number of furan rings is 1. The number of nitrogens with one attached hydrogen (secondary N) is 1. The summed E-state index contributed by atoms with van der Waals surface area (Å²) in [6.45, 7) is 6.71. The zero-order valence-corrected chi connectivity index (χ0v) is 9.41. The van der Waals surface area contributed by atoms with Gasteiger partial charge in [-0.3, -0.25) is 4.90 Å². The molecule has 0 radical (unpaired) electrons. The first-order valence-corrected chi connectivity index (χ1v) is 5.83. The largest absolute Gasteiger partial charge is 0.468 e. The van der Waals surface area contributed by atoms with Gasteiger partial charge in [-0.25, -0.2) is 0 Å². The quantitative estimate of drug-likeness (QED) is 0.800. The standard InChI is InChI=1S/C12H20N2O/c1-11(14-6-2-3-7-14)9-13-10-12-5-4-8-15-12/h4-5,8,11,13H,2-3,6-7,9-10H2,1H3. The summed E-state index contributed by atoms with van der Waals surface area (Å²) in [6.07, 6.45) is 4.45. The Balaban J connectivity index is 1.64.